The van der Waals surface area contributed by atoms with E-state index in [1.54, 1.807) is 24.3 Å². The number of rotatable bonds is 4. The van der Waals surface area contributed by atoms with Gasteiger partial charge in [0.25, 0.3) is 0 Å². The lowest BCUT2D eigenvalue weighted by molar-refractivity contribution is -0.162. The molecule has 1 N–H and O–H groups in total. The van der Waals surface area contributed by atoms with Crippen molar-refractivity contribution in [2.75, 3.05) is 26.7 Å². The number of carboxylic acids is 1. The third-order valence-corrected chi connectivity index (χ3v) is 6.22. The molecule has 2 fully saturated rings. The van der Waals surface area contributed by atoms with Crippen molar-refractivity contribution in [3.8, 4) is 11.3 Å². The summed E-state index contributed by atoms with van der Waals surface area (Å²) >= 11 is 0. The molecule has 0 saturated carbocycles. The molecule has 0 unspecified atom stereocenters. The van der Waals surface area contributed by atoms with Gasteiger partial charge in [-0.1, -0.05) is 12.1 Å². The first-order chi connectivity index (χ1) is 13.0. The number of fused-ring (bicyclic) bond motifs is 1. The van der Waals surface area contributed by atoms with Gasteiger partial charge < -0.3 is 14.4 Å². The maximum atomic E-state index is 14.0. The summed E-state index contributed by atoms with van der Waals surface area (Å²) in [5.74, 6) is 0.328. The minimum absolute atomic E-state index is 0.0125. The second kappa shape index (κ2) is 7.09. The summed E-state index contributed by atoms with van der Waals surface area (Å²) in [5.41, 5.74) is -0.176. The fourth-order valence-corrected chi connectivity index (χ4v) is 4.68. The highest BCUT2D eigenvalue weighted by Crippen LogP contribution is 2.42. The maximum absolute atomic E-state index is 14.0. The molecule has 1 aromatic heterocycles. The Kier molecular flexibility index (Phi) is 4.78. The fourth-order valence-electron chi connectivity index (χ4n) is 4.68. The molecule has 2 aromatic rings. The Hall–Kier alpha value is -2.18. The van der Waals surface area contributed by atoms with Crippen molar-refractivity contribution in [2.45, 2.75) is 31.8 Å². The largest absolute Gasteiger partial charge is 0.481 e. The SMILES string of the molecule is CN1CCC[C@]2(C(=O)O)CCN(Cc3ccc(-c4ccccc4F)o3)C[C@@H]12. The first kappa shape index (κ1) is 18.2. The first-order valence-electron chi connectivity index (χ1n) is 9.49. The van der Waals surface area contributed by atoms with Crippen LogP contribution in [-0.2, 0) is 11.3 Å². The average molecular weight is 372 g/mol. The van der Waals surface area contributed by atoms with E-state index in [-0.39, 0.29) is 11.9 Å². The lowest BCUT2D eigenvalue weighted by Crippen LogP contribution is -2.62. The zero-order chi connectivity index (χ0) is 19.0. The standard InChI is InChI=1S/C21H25FN2O3/c1-23-11-4-9-21(20(25)26)10-12-24(14-19(21)23)13-15-7-8-18(27-15)16-5-2-3-6-17(16)22/h2-3,5-8,19H,4,9-14H2,1H3,(H,25,26)/t19-,21+/m1/s1. The number of aliphatic carboxylic acids is 1. The van der Waals surface area contributed by atoms with Crippen molar-refractivity contribution in [1.29, 1.82) is 0 Å². The highest BCUT2D eigenvalue weighted by atomic mass is 19.1. The van der Waals surface area contributed by atoms with Crippen molar-refractivity contribution >= 4 is 5.97 Å². The fraction of sp³-hybridized carbons (Fsp3) is 0.476. The smallest absolute Gasteiger partial charge is 0.311 e. The van der Waals surface area contributed by atoms with Gasteiger partial charge in [0.15, 0.2) is 0 Å². The Balaban J connectivity index is 1.49. The molecule has 144 valence electrons. The number of halogens is 1. The summed E-state index contributed by atoms with van der Waals surface area (Å²) in [5, 5.41) is 9.87. The normalized spacial score (nSPS) is 26.7. The molecule has 2 aliphatic rings. The Bertz CT molecular complexity index is 836. The molecule has 0 spiro atoms. The van der Waals surface area contributed by atoms with Gasteiger partial charge in [-0.3, -0.25) is 9.69 Å². The van der Waals surface area contributed by atoms with Crippen LogP contribution in [0.1, 0.15) is 25.0 Å². The lowest BCUT2D eigenvalue weighted by atomic mass is 9.68. The number of hydrogen-bond donors (Lipinski definition) is 1. The van der Waals surface area contributed by atoms with Crippen LogP contribution in [0.15, 0.2) is 40.8 Å². The van der Waals surface area contributed by atoms with Crippen LogP contribution in [0.2, 0.25) is 0 Å². The quantitative estimate of drug-likeness (QED) is 0.891. The predicted octanol–water partition coefficient (Wildman–Crippen LogP) is 3.46. The van der Waals surface area contributed by atoms with Crippen LogP contribution in [-0.4, -0.2) is 53.6 Å². The van der Waals surface area contributed by atoms with Crippen LogP contribution in [0.3, 0.4) is 0 Å². The number of likely N-dealkylation sites (tertiary alicyclic amines) is 2. The molecule has 2 saturated heterocycles. The first-order valence-corrected chi connectivity index (χ1v) is 9.49. The number of furan rings is 1. The molecule has 1 aromatic carbocycles. The highest BCUT2D eigenvalue weighted by Gasteiger charge is 2.52. The Morgan fingerprint density at radius 1 is 1.26 bits per heavy atom. The average Bonchev–Trinajstić information content (AvgIpc) is 3.11. The van der Waals surface area contributed by atoms with Crippen LogP contribution in [0, 0.1) is 11.2 Å². The van der Waals surface area contributed by atoms with Gasteiger partial charge in [0.1, 0.15) is 17.3 Å². The lowest BCUT2D eigenvalue weighted by Gasteiger charge is -2.51. The third kappa shape index (κ3) is 3.28. The van der Waals surface area contributed by atoms with Crippen molar-refractivity contribution in [2.24, 2.45) is 5.41 Å². The zero-order valence-electron chi connectivity index (χ0n) is 15.5. The second-order valence-corrected chi connectivity index (χ2v) is 7.79. The summed E-state index contributed by atoms with van der Waals surface area (Å²) in [7, 11) is 2.02. The molecule has 0 aliphatic carbocycles. The highest BCUT2D eigenvalue weighted by molar-refractivity contribution is 5.76. The zero-order valence-corrected chi connectivity index (χ0v) is 15.5. The van der Waals surface area contributed by atoms with Gasteiger partial charge in [0.2, 0.25) is 0 Å². The van der Waals surface area contributed by atoms with E-state index in [9.17, 15) is 14.3 Å². The van der Waals surface area contributed by atoms with Crippen molar-refractivity contribution in [3.63, 3.8) is 0 Å². The molecular weight excluding hydrogens is 347 g/mol. The summed E-state index contributed by atoms with van der Waals surface area (Å²) < 4.78 is 19.8. The number of hydrogen-bond acceptors (Lipinski definition) is 4. The molecule has 0 radical (unpaired) electrons. The number of benzene rings is 1. The molecule has 6 heteroatoms. The van der Waals surface area contributed by atoms with Crippen molar-refractivity contribution in [1.82, 2.24) is 9.80 Å². The van der Waals surface area contributed by atoms with Crippen LogP contribution in [0.25, 0.3) is 11.3 Å². The van der Waals surface area contributed by atoms with E-state index >= 15 is 0 Å². The Morgan fingerprint density at radius 2 is 2.07 bits per heavy atom. The van der Waals surface area contributed by atoms with Gasteiger partial charge in [-0.15, -0.1) is 0 Å². The Labute approximate surface area is 158 Å². The Morgan fingerprint density at radius 3 is 2.85 bits per heavy atom. The van der Waals surface area contributed by atoms with Gasteiger partial charge >= 0.3 is 5.97 Å². The molecule has 0 amide bonds. The van der Waals surface area contributed by atoms with Crippen LogP contribution in [0.4, 0.5) is 4.39 Å². The van der Waals surface area contributed by atoms with E-state index in [0.717, 1.165) is 31.7 Å². The van der Waals surface area contributed by atoms with E-state index in [1.807, 2.05) is 13.1 Å². The number of piperidine rings is 2. The monoisotopic (exact) mass is 372 g/mol. The second-order valence-electron chi connectivity index (χ2n) is 7.79. The van der Waals surface area contributed by atoms with Crippen molar-refractivity contribution < 1.29 is 18.7 Å². The molecule has 4 rings (SSSR count). The van der Waals surface area contributed by atoms with Gasteiger partial charge in [0, 0.05) is 12.6 Å². The molecule has 2 aliphatic heterocycles. The van der Waals surface area contributed by atoms with E-state index in [1.165, 1.54) is 6.07 Å². The molecular formula is C21H25FN2O3. The minimum atomic E-state index is -0.668. The summed E-state index contributed by atoms with van der Waals surface area (Å²) in [6.45, 7) is 2.98. The molecule has 5 nitrogen and oxygen atoms in total. The molecule has 0 bridgehead atoms. The third-order valence-electron chi connectivity index (χ3n) is 6.22. The number of nitrogens with zero attached hydrogens (tertiary/aromatic N) is 2. The van der Waals surface area contributed by atoms with E-state index in [4.69, 9.17) is 4.42 Å². The summed E-state index contributed by atoms with van der Waals surface area (Å²) in [6, 6.07) is 10.3. The van der Waals surface area contributed by atoms with Gasteiger partial charge in [0.05, 0.1) is 17.5 Å². The van der Waals surface area contributed by atoms with Gasteiger partial charge in [-0.05, 0) is 63.7 Å². The molecule has 27 heavy (non-hydrogen) atoms. The van der Waals surface area contributed by atoms with Crippen LogP contribution < -0.4 is 0 Å². The van der Waals surface area contributed by atoms with E-state index in [0.29, 0.717) is 30.8 Å². The minimum Gasteiger partial charge on any atom is -0.481 e. The summed E-state index contributed by atoms with van der Waals surface area (Å²) in [4.78, 5) is 16.5. The van der Waals surface area contributed by atoms with E-state index < -0.39 is 11.4 Å². The van der Waals surface area contributed by atoms with Crippen LogP contribution >= 0.6 is 0 Å². The van der Waals surface area contributed by atoms with E-state index in [2.05, 4.69) is 9.80 Å². The maximum Gasteiger partial charge on any atom is 0.311 e. The topological polar surface area (TPSA) is 56.9 Å². The van der Waals surface area contributed by atoms with Gasteiger partial charge in [-0.2, -0.15) is 0 Å². The predicted molar refractivity (Wildman–Crippen MR) is 99.7 cm³/mol. The number of carbonyl (C=O) groups is 1. The molecule has 3 heterocycles. The number of likely N-dealkylation sites (N-methyl/N-ethyl adjacent to an activating group) is 1. The molecule has 2 atom stereocenters. The van der Waals surface area contributed by atoms with Crippen LogP contribution in [0.5, 0.6) is 0 Å². The van der Waals surface area contributed by atoms with Gasteiger partial charge in [-0.25, -0.2) is 4.39 Å². The number of carboxylic acid groups (broad SMARTS) is 1. The van der Waals surface area contributed by atoms with Crippen molar-refractivity contribution in [3.05, 3.63) is 48.0 Å². The summed E-state index contributed by atoms with van der Waals surface area (Å²) in [6.07, 6.45) is 2.34.